The molecule has 80 valence electrons. The number of ether oxygens (including phenoxy) is 2. The van der Waals surface area contributed by atoms with E-state index in [1.54, 1.807) is 13.3 Å². The van der Waals surface area contributed by atoms with Crippen LogP contribution in [0.3, 0.4) is 0 Å². The van der Waals surface area contributed by atoms with Gasteiger partial charge in [0.15, 0.2) is 0 Å². The Kier molecular flexibility index (Phi) is 1.85. The molecular formula is C11H14N2O2. The summed E-state index contributed by atoms with van der Waals surface area (Å²) in [5, 5.41) is 0. The molecule has 15 heavy (non-hydrogen) atoms. The number of methoxy groups -OCH3 is 1. The molecule has 1 aromatic rings. The molecule has 2 aliphatic heterocycles. The van der Waals surface area contributed by atoms with Crippen LogP contribution in [0.2, 0.25) is 0 Å². The Morgan fingerprint density at radius 3 is 2.67 bits per heavy atom. The van der Waals surface area contributed by atoms with Crippen LogP contribution in [0.15, 0.2) is 18.3 Å². The molecule has 4 nitrogen and oxygen atoms in total. The molecule has 0 amide bonds. The molecule has 0 radical (unpaired) electrons. The minimum absolute atomic E-state index is 0.446. The molecule has 0 bridgehead atoms. The second-order valence-corrected chi connectivity index (χ2v) is 4.41. The summed E-state index contributed by atoms with van der Waals surface area (Å²) in [6.45, 7) is 3.98. The van der Waals surface area contributed by atoms with Crippen molar-refractivity contribution in [3.8, 4) is 5.75 Å². The predicted molar refractivity (Wildman–Crippen MR) is 56.3 cm³/mol. The van der Waals surface area contributed by atoms with Gasteiger partial charge in [0, 0.05) is 13.1 Å². The molecule has 0 unspecified atom stereocenters. The van der Waals surface area contributed by atoms with E-state index in [0.717, 1.165) is 37.9 Å². The van der Waals surface area contributed by atoms with E-state index >= 15 is 0 Å². The van der Waals surface area contributed by atoms with E-state index in [1.807, 2.05) is 12.1 Å². The van der Waals surface area contributed by atoms with Crippen LogP contribution in [0, 0.1) is 5.41 Å². The maximum atomic E-state index is 5.23. The van der Waals surface area contributed by atoms with Gasteiger partial charge in [-0.25, -0.2) is 4.98 Å². The fourth-order valence-electron chi connectivity index (χ4n) is 2.18. The number of nitrogens with zero attached hydrogens (tertiary/aromatic N) is 2. The lowest BCUT2D eigenvalue weighted by Crippen LogP contribution is -2.66. The quantitative estimate of drug-likeness (QED) is 0.721. The molecule has 2 aliphatic rings. The van der Waals surface area contributed by atoms with E-state index in [-0.39, 0.29) is 0 Å². The van der Waals surface area contributed by atoms with Gasteiger partial charge in [0.1, 0.15) is 11.6 Å². The zero-order chi connectivity index (χ0) is 10.3. The monoisotopic (exact) mass is 206 g/mol. The Bertz CT molecular complexity index is 351. The number of pyridine rings is 1. The third kappa shape index (κ3) is 1.36. The summed E-state index contributed by atoms with van der Waals surface area (Å²) in [6, 6.07) is 3.95. The topological polar surface area (TPSA) is 34.6 Å². The smallest absolute Gasteiger partial charge is 0.137 e. The van der Waals surface area contributed by atoms with E-state index in [9.17, 15) is 0 Å². The minimum atomic E-state index is 0.446. The van der Waals surface area contributed by atoms with Gasteiger partial charge in [0.25, 0.3) is 0 Å². The third-order valence-electron chi connectivity index (χ3n) is 3.15. The zero-order valence-corrected chi connectivity index (χ0v) is 8.77. The second-order valence-electron chi connectivity index (χ2n) is 4.41. The first-order valence-electron chi connectivity index (χ1n) is 5.14. The Labute approximate surface area is 88.8 Å². The van der Waals surface area contributed by atoms with Gasteiger partial charge in [-0.05, 0) is 12.1 Å². The molecule has 0 atom stereocenters. The number of aromatic nitrogens is 1. The van der Waals surface area contributed by atoms with Crippen LogP contribution in [0.4, 0.5) is 5.82 Å². The predicted octanol–water partition coefficient (Wildman–Crippen LogP) is 0.927. The van der Waals surface area contributed by atoms with Crippen molar-refractivity contribution in [1.29, 1.82) is 0 Å². The molecule has 3 rings (SSSR count). The first-order chi connectivity index (χ1) is 7.31. The summed E-state index contributed by atoms with van der Waals surface area (Å²) in [5.41, 5.74) is 0.446. The van der Waals surface area contributed by atoms with E-state index in [1.165, 1.54) is 0 Å². The van der Waals surface area contributed by atoms with Crippen LogP contribution in [0.25, 0.3) is 0 Å². The van der Waals surface area contributed by atoms with Crippen molar-refractivity contribution in [2.45, 2.75) is 0 Å². The molecule has 0 N–H and O–H groups in total. The van der Waals surface area contributed by atoms with Crippen molar-refractivity contribution < 1.29 is 9.47 Å². The highest BCUT2D eigenvalue weighted by Crippen LogP contribution is 2.39. The number of anilines is 1. The van der Waals surface area contributed by atoms with Gasteiger partial charge in [-0.15, -0.1) is 0 Å². The van der Waals surface area contributed by atoms with E-state index in [0.29, 0.717) is 5.41 Å². The summed E-state index contributed by atoms with van der Waals surface area (Å²) in [4.78, 5) is 6.64. The average molecular weight is 206 g/mol. The van der Waals surface area contributed by atoms with Crippen molar-refractivity contribution in [3.05, 3.63) is 18.3 Å². The van der Waals surface area contributed by atoms with Gasteiger partial charge < -0.3 is 14.4 Å². The summed E-state index contributed by atoms with van der Waals surface area (Å²) >= 11 is 0. The standard InChI is InChI=1S/C11H14N2O2/c1-14-9-2-3-10(12-4-9)13-5-11(6-13)7-15-8-11/h2-4H,5-8H2,1H3. The lowest BCUT2D eigenvalue weighted by molar-refractivity contribution is -0.127. The summed E-state index contributed by atoms with van der Waals surface area (Å²) < 4.78 is 10.3. The molecule has 0 aliphatic carbocycles. The fraction of sp³-hybridized carbons (Fsp3) is 0.545. The molecule has 3 heterocycles. The highest BCUT2D eigenvalue weighted by molar-refractivity contribution is 5.45. The van der Waals surface area contributed by atoms with Crippen molar-refractivity contribution in [2.75, 3.05) is 38.3 Å². The molecule has 2 saturated heterocycles. The lowest BCUT2D eigenvalue weighted by Gasteiger charge is -2.55. The maximum Gasteiger partial charge on any atom is 0.137 e. The molecular weight excluding hydrogens is 192 g/mol. The number of rotatable bonds is 2. The molecule has 1 spiro atoms. The minimum Gasteiger partial charge on any atom is -0.495 e. The van der Waals surface area contributed by atoms with Crippen molar-refractivity contribution in [2.24, 2.45) is 5.41 Å². The molecule has 1 aromatic heterocycles. The highest BCUT2D eigenvalue weighted by atomic mass is 16.5. The first-order valence-corrected chi connectivity index (χ1v) is 5.14. The van der Waals surface area contributed by atoms with Gasteiger partial charge in [-0.3, -0.25) is 0 Å². The maximum absolute atomic E-state index is 5.23. The summed E-state index contributed by atoms with van der Waals surface area (Å²) in [7, 11) is 1.65. The molecule has 4 heteroatoms. The van der Waals surface area contributed by atoms with Crippen molar-refractivity contribution >= 4 is 5.82 Å². The van der Waals surface area contributed by atoms with Gasteiger partial charge in [-0.2, -0.15) is 0 Å². The van der Waals surface area contributed by atoms with E-state index < -0.39 is 0 Å². The zero-order valence-electron chi connectivity index (χ0n) is 8.77. The second kappa shape index (κ2) is 3.10. The van der Waals surface area contributed by atoms with Crippen LogP contribution in [-0.4, -0.2) is 38.4 Å². The van der Waals surface area contributed by atoms with Gasteiger partial charge >= 0.3 is 0 Å². The van der Waals surface area contributed by atoms with Crippen LogP contribution in [-0.2, 0) is 4.74 Å². The largest absolute Gasteiger partial charge is 0.495 e. The van der Waals surface area contributed by atoms with E-state index in [2.05, 4.69) is 9.88 Å². The first kappa shape index (κ1) is 8.97. The Morgan fingerprint density at radius 2 is 2.20 bits per heavy atom. The SMILES string of the molecule is COc1ccc(N2CC3(COC3)C2)nc1. The van der Waals surface area contributed by atoms with Gasteiger partial charge in [0.2, 0.25) is 0 Å². The number of hydrogen-bond acceptors (Lipinski definition) is 4. The van der Waals surface area contributed by atoms with Crippen LogP contribution in [0.5, 0.6) is 5.75 Å². The molecule has 0 saturated carbocycles. The van der Waals surface area contributed by atoms with Crippen LogP contribution < -0.4 is 9.64 Å². The van der Waals surface area contributed by atoms with Crippen LogP contribution in [0.1, 0.15) is 0 Å². The molecule has 0 aromatic carbocycles. The van der Waals surface area contributed by atoms with Crippen molar-refractivity contribution in [3.63, 3.8) is 0 Å². The summed E-state index contributed by atoms with van der Waals surface area (Å²) in [6.07, 6.45) is 1.76. The van der Waals surface area contributed by atoms with Crippen LogP contribution >= 0.6 is 0 Å². The normalized spacial score (nSPS) is 22.1. The Balaban J connectivity index is 1.67. The van der Waals surface area contributed by atoms with Gasteiger partial charge in [-0.1, -0.05) is 0 Å². The fourth-order valence-corrected chi connectivity index (χ4v) is 2.18. The highest BCUT2D eigenvalue weighted by Gasteiger charge is 2.49. The molecule has 2 fully saturated rings. The number of hydrogen-bond donors (Lipinski definition) is 0. The van der Waals surface area contributed by atoms with E-state index in [4.69, 9.17) is 9.47 Å². The lowest BCUT2D eigenvalue weighted by atomic mass is 9.78. The Hall–Kier alpha value is -1.29. The Morgan fingerprint density at radius 1 is 1.40 bits per heavy atom. The van der Waals surface area contributed by atoms with Crippen molar-refractivity contribution in [1.82, 2.24) is 4.98 Å². The summed E-state index contributed by atoms with van der Waals surface area (Å²) in [5.74, 6) is 1.84. The average Bonchev–Trinajstić information content (AvgIpc) is 2.14. The van der Waals surface area contributed by atoms with Gasteiger partial charge in [0.05, 0.1) is 31.9 Å². The third-order valence-corrected chi connectivity index (χ3v) is 3.15.